The van der Waals surface area contributed by atoms with Crippen LogP contribution in [0.1, 0.15) is 83.4 Å². The first-order chi connectivity index (χ1) is 9.29. The van der Waals surface area contributed by atoms with E-state index in [1.807, 2.05) is 12.5 Å². The summed E-state index contributed by atoms with van der Waals surface area (Å²) in [5.74, 6) is 0. The Morgan fingerprint density at radius 2 is 1.68 bits per heavy atom. The van der Waals surface area contributed by atoms with Crippen molar-refractivity contribution in [2.75, 3.05) is 0 Å². The topological polar surface area (TPSA) is 43.8 Å². The molecule has 0 aliphatic heterocycles. The van der Waals surface area contributed by atoms with Gasteiger partial charge in [-0.15, -0.1) is 0 Å². The number of aryl methyl sites for hydroxylation is 1. The summed E-state index contributed by atoms with van der Waals surface area (Å²) in [7, 11) is 0. The van der Waals surface area contributed by atoms with Crippen molar-refractivity contribution in [3.63, 3.8) is 0 Å². The zero-order valence-corrected chi connectivity index (χ0v) is 12.8. The van der Waals surface area contributed by atoms with Gasteiger partial charge >= 0.3 is 0 Å². The Morgan fingerprint density at radius 1 is 1.05 bits per heavy atom. The summed E-state index contributed by atoms with van der Waals surface area (Å²) in [6.45, 7) is 5.46. The van der Waals surface area contributed by atoms with Crippen LogP contribution in [0.5, 0.6) is 0 Å². The molecule has 3 heteroatoms. The molecule has 0 saturated heterocycles. The molecule has 0 spiro atoms. The predicted molar refractivity (Wildman–Crippen MR) is 82.1 cm³/mol. The number of nitrogens with two attached hydrogens (primary N) is 1. The van der Waals surface area contributed by atoms with Crippen molar-refractivity contribution in [3.05, 3.63) is 18.2 Å². The second-order valence-electron chi connectivity index (χ2n) is 5.50. The highest BCUT2D eigenvalue weighted by Gasteiger charge is 2.08. The van der Waals surface area contributed by atoms with Crippen molar-refractivity contribution in [2.24, 2.45) is 5.73 Å². The van der Waals surface area contributed by atoms with E-state index in [1.54, 1.807) is 0 Å². The van der Waals surface area contributed by atoms with Crippen LogP contribution in [0.25, 0.3) is 0 Å². The number of aromatic nitrogens is 2. The van der Waals surface area contributed by atoms with E-state index in [0.29, 0.717) is 0 Å². The third-order valence-electron chi connectivity index (χ3n) is 3.82. The molecule has 0 amide bonds. The smallest absolute Gasteiger partial charge is 0.0948 e. The minimum Gasteiger partial charge on any atom is -0.333 e. The number of nitrogens with zero attached hydrogens (tertiary/aromatic N) is 2. The van der Waals surface area contributed by atoms with Gasteiger partial charge in [-0.05, 0) is 12.8 Å². The molecule has 1 aromatic rings. The van der Waals surface area contributed by atoms with Crippen molar-refractivity contribution >= 4 is 0 Å². The SMILES string of the molecule is CCCCCCCCCCn1cncc1[C@H](N)CC. The van der Waals surface area contributed by atoms with Gasteiger partial charge in [-0.2, -0.15) is 0 Å². The van der Waals surface area contributed by atoms with E-state index in [0.717, 1.165) is 13.0 Å². The van der Waals surface area contributed by atoms with Crippen LogP contribution in [0.3, 0.4) is 0 Å². The Bertz CT molecular complexity index is 320. The van der Waals surface area contributed by atoms with Gasteiger partial charge in [0.25, 0.3) is 0 Å². The van der Waals surface area contributed by atoms with Gasteiger partial charge in [-0.25, -0.2) is 4.98 Å². The van der Waals surface area contributed by atoms with Crippen LogP contribution in [0.4, 0.5) is 0 Å². The molecule has 1 aromatic heterocycles. The van der Waals surface area contributed by atoms with E-state index in [4.69, 9.17) is 5.73 Å². The zero-order chi connectivity index (χ0) is 13.9. The fourth-order valence-corrected chi connectivity index (χ4v) is 2.45. The maximum atomic E-state index is 6.08. The fourth-order valence-electron chi connectivity index (χ4n) is 2.45. The van der Waals surface area contributed by atoms with Gasteiger partial charge in [0, 0.05) is 18.8 Å². The first-order valence-corrected chi connectivity index (χ1v) is 8.05. The molecule has 0 aliphatic carbocycles. The molecule has 0 bridgehead atoms. The fraction of sp³-hybridized carbons (Fsp3) is 0.812. The Balaban J connectivity index is 2.11. The van der Waals surface area contributed by atoms with Crippen LogP contribution >= 0.6 is 0 Å². The monoisotopic (exact) mass is 265 g/mol. The van der Waals surface area contributed by atoms with E-state index >= 15 is 0 Å². The van der Waals surface area contributed by atoms with Gasteiger partial charge in [0.05, 0.1) is 12.0 Å². The molecule has 1 heterocycles. The van der Waals surface area contributed by atoms with Crippen molar-refractivity contribution in [3.8, 4) is 0 Å². The molecule has 19 heavy (non-hydrogen) atoms. The van der Waals surface area contributed by atoms with Crippen LogP contribution in [0.15, 0.2) is 12.5 Å². The first kappa shape index (κ1) is 16.2. The average molecular weight is 265 g/mol. The van der Waals surface area contributed by atoms with E-state index in [1.165, 1.54) is 57.1 Å². The minimum absolute atomic E-state index is 0.136. The number of unbranched alkanes of at least 4 members (excludes halogenated alkanes) is 7. The van der Waals surface area contributed by atoms with Crippen molar-refractivity contribution in [2.45, 2.75) is 84.2 Å². The van der Waals surface area contributed by atoms with Gasteiger partial charge < -0.3 is 10.3 Å². The summed E-state index contributed by atoms with van der Waals surface area (Å²) >= 11 is 0. The zero-order valence-electron chi connectivity index (χ0n) is 12.8. The normalized spacial score (nSPS) is 12.8. The lowest BCUT2D eigenvalue weighted by atomic mass is 10.1. The molecule has 3 nitrogen and oxygen atoms in total. The summed E-state index contributed by atoms with van der Waals surface area (Å²) < 4.78 is 2.23. The lowest BCUT2D eigenvalue weighted by Crippen LogP contribution is -2.14. The molecular formula is C16H31N3. The molecule has 0 aromatic carbocycles. The summed E-state index contributed by atoms with van der Waals surface area (Å²) in [5, 5.41) is 0. The lowest BCUT2D eigenvalue weighted by Gasteiger charge is -2.12. The first-order valence-electron chi connectivity index (χ1n) is 8.05. The van der Waals surface area contributed by atoms with Gasteiger partial charge in [0.15, 0.2) is 0 Å². The molecule has 0 fully saturated rings. The van der Waals surface area contributed by atoms with Crippen LogP contribution in [-0.2, 0) is 6.54 Å². The molecule has 110 valence electrons. The summed E-state index contributed by atoms with van der Waals surface area (Å²) in [6.07, 6.45) is 15.7. The third-order valence-corrected chi connectivity index (χ3v) is 3.82. The number of rotatable bonds is 11. The number of hydrogen-bond donors (Lipinski definition) is 1. The molecule has 1 atom stereocenters. The highest BCUT2D eigenvalue weighted by Crippen LogP contribution is 2.14. The van der Waals surface area contributed by atoms with Gasteiger partial charge in [-0.3, -0.25) is 0 Å². The van der Waals surface area contributed by atoms with E-state index in [2.05, 4.69) is 23.4 Å². The maximum absolute atomic E-state index is 6.08. The van der Waals surface area contributed by atoms with Crippen molar-refractivity contribution < 1.29 is 0 Å². The molecule has 0 unspecified atom stereocenters. The van der Waals surface area contributed by atoms with Crippen LogP contribution in [0.2, 0.25) is 0 Å². The average Bonchev–Trinajstić information content (AvgIpc) is 2.89. The van der Waals surface area contributed by atoms with E-state index < -0.39 is 0 Å². The van der Waals surface area contributed by atoms with Gasteiger partial charge in [0.2, 0.25) is 0 Å². The summed E-state index contributed by atoms with van der Waals surface area (Å²) in [4.78, 5) is 4.22. The lowest BCUT2D eigenvalue weighted by molar-refractivity contribution is 0.522. The molecule has 2 N–H and O–H groups in total. The number of imidazole rings is 1. The third kappa shape index (κ3) is 6.24. The highest BCUT2D eigenvalue weighted by molar-refractivity contribution is 5.03. The largest absolute Gasteiger partial charge is 0.333 e. The standard InChI is InChI=1S/C16H31N3/c1-3-5-6-7-8-9-10-11-12-19-14-18-13-16(19)15(17)4-2/h13-15H,3-12,17H2,1-2H3/t15-/m1/s1. The Hall–Kier alpha value is -0.830. The Kier molecular flexibility index (Phi) is 8.55. The predicted octanol–water partition coefficient (Wildman–Crippen LogP) is 4.43. The number of hydrogen-bond acceptors (Lipinski definition) is 2. The molecule has 0 saturated carbocycles. The van der Waals surface area contributed by atoms with Gasteiger partial charge in [-0.1, -0.05) is 58.8 Å². The van der Waals surface area contributed by atoms with E-state index in [-0.39, 0.29) is 6.04 Å². The molecule has 1 rings (SSSR count). The Labute approximate surface area is 118 Å². The second kappa shape index (κ2) is 10.0. The minimum atomic E-state index is 0.136. The maximum Gasteiger partial charge on any atom is 0.0948 e. The van der Waals surface area contributed by atoms with Crippen LogP contribution in [0, 0.1) is 0 Å². The van der Waals surface area contributed by atoms with E-state index in [9.17, 15) is 0 Å². The highest BCUT2D eigenvalue weighted by atomic mass is 15.1. The van der Waals surface area contributed by atoms with Crippen molar-refractivity contribution in [1.29, 1.82) is 0 Å². The molecule has 0 radical (unpaired) electrons. The summed E-state index contributed by atoms with van der Waals surface area (Å²) in [5.41, 5.74) is 7.26. The molecular weight excluding hydrogens is 234 g/mol. The molecule has 0 aliphatic rings. The van der Waals surface area contributed by atoms with Crippen molar-refractivity contribution in [1.82, 2.24) is 9.55 Å². The summed E-state index contributed by atoms with van der Waals surface area (Å²) in [6, 6.07) is 0.136. The van der Waals surface area contributed by atoms with Crippen LogP contribution < -0.4 is 5.73 Å². The quantitative estimate of drug-likeness (QED) is 0.601. The van der Waals surface area contributed by atoms with Gasteiger partial charge in [0.1, 0.15) is 0 Å². The Morgan fingerprint density at radius 3 is 2.32 bits per heavy atom. The second-order valence-corrected chi connectivity index (χ2v) is 5.50. The van der Waals surface area contributed by atoms with Crippen LogP contribution in [-0.4, -0.2) is 9.55 Å².